The number of nitrogens with zero attached hydrogens (tertiary/aromatic N) is 3. The van der Waals surface area contributed by atoms with Gasteiger partial charge < -0.3 is 9.88 Å². The lowest BCUT2D eigenvalue weighted by atomic mass is 10.1. The number of carbonyl (C=O) groups is 1. The highest BCUT2D eigenvalue weighted by Gasteiger charge is 2.13. The lowest BCUT2D eigenvalue weighted by Gasteiger charge is -2.12. The molecule has 6 heteroatoms. The first-order chi connectivity index (χ1) is 13.0. The topological polar surface area (TPSA) is 59.8 Å². The van der Waals surface area contributed by atoms with Crippen molar-refractivity contribution in [1.82, 2.24) is 14.8 Å². The molecular weight excluding hydrogens is 356 g/mol. The van der Waals surface area contributed by atoms with Gasteiger partial charge in [0.2, 0.25) is 0 Å². The summed E-state index contributed by atoms with van der Waals surface area (Å²) in [5, 5.41) is 12.7. The average Bonchev–Trinajstić information content (AvgIpc) is 3.00. The zero-order chi connectivity index (χ0) is 19.4. The van der Waals surface area contributed by atoms with Crippen LogP contribution in [0.25, 0.3) is 0 Å². The minimum Gasteiger partial charge on any atom is -0.377 e. The van der Waals surface area contributed by atoms with Gasteiger partial charge in [-0.25, -0.2) is 0 Å². The van der Waals surface area contributed by atoms with Gasteiger partial charge in [0.05, 0.1) is 12.3 Å². The number of Topliss-reactive ketones (excluding diaryl/α,β-unsaturated/α-hetero) is 1. The Labute approximate surface area is 164 Å². The fourth-order valence-electron chi connectivity index (χ4n) is 2.84. The lowest BCUT2D eigenvalue weighted by molar-refractivity contribution is 0.102. The van der Waals surface area contributed by atoms with Crippen LogP contribution in [0.3, 0.4) is 0 Å². The standard InChI is InChI=1S/C21H24N4OS/c1-14-8-10-17(11-9-14)18(26)13-27-21-24-23-19(25(21)4)12-22-20-15(2)6-5-7-16(20)3/h5-11,22H,12-13H2,1-4H3. The van der Waals surface area contributed by atoms with Crippen LogP contribution >= 0.6 is 11.8 Å². The number of nitrogens with one attached hydrogen (secondary N) is 1. The molecule has 2 aromatic carbocycles. The molecular formula is C21H24N4OS. The number of benzene rings is 2. The molecule has 0 radical (unpaired) electrons. The summed E-state index contributed by atoms with van der Waals surface area (Å²) >= 11 is 1.42. The molecule has 0 aliphatic rings. The third-order valence-corrected chi connectivity index (χ3v) is 5.56. The molecule has 1 aromatic heterocycles. The van der Waals surface area contributed by atoms with Crippen molar-refractivity contribution in [2.45, 2.75) is 32.5 Å². The van der Waals surface area contributed by atoms with Gasteiger partial charge in [-0.3, -0.25) is 4.79 Å². The quantitative estimate of drug-likeness (QED) is 0.488. The molecule has 1 N–H and O–H groups in total. The maximum absolute atomic E-state index is 12.3. The van der Waals surface area contributed by atoms with E-state index < -0.39 is 0 Å². The summed E-state index contributed by atoms with van der Waals surface area (Å²) in [5.41, 5.74) is 5.41. The van der Waals surface area contributed by atoms with Crippen molar-refractivity contribution >= 4 is 23.2 Å². The fraction of sp³-hybridized carbons (Fsp3) is 0.286. The van der Waals surface area contributed by atoms with E-state index in [0.717, 1.165) is 27.8 Å². The maximum atomic E-state index is 12.3. The Morgan fingerprint density at radius 1 is 1.04 bits per heavy atom. The summed E-state index contributed by atoms with van der Waals surface area (Å²) in [7, 11) is 1.93. The van der Waals surface area contributed by atoms with Crippen LogP contribution in [0.2, 0.25) is 0 Å². The van der Waals surface area contributed by atoms with Crippen molar-refractivity contribution in [3.63, 3.8) is 0 Å². The first kappa shape index (κ1) is 19.2. The summed E-state index contributed by atoms with van der Waals surface area (Å²) < 4.78 is 1.94. The van der Waals surface area contributed by atoms with E-state index in [2.05, 4.69) is 47.6 Å². The maximum Gasteiger partial charge on any atom is 0.191 e. The predicted octanol–water partition coefficient (Wildman–Crippen LogP) is 4.33. The molecule has 140 valence electrons. The fourth-order valence-corrected chi connectivity index (χ4v) is 3.66. The van der Waals surface area contributed by atoms with Crippen LogP contribution < -0.4 is 5.32 Å². The summed E-state index contributed by atoms with van der Waals surface area (Å²) in [6, 6.07) is 13.9. The number of para-hydroxylation sites is 1. The zero-order valence-electron chi connectivity index (χ0n) is 16.1. The number of carbonyl (C=O) groups excluding carboxylic acids is 1. The van der Waals surface area contributed by atoms with Gasteiger partial charge in [0, 0.05) is 18.3 Å². The smallest absolute Gasteiger partial charge is 0.191 e. The molecule has 0 atom stereocenters. The summed E-state index contributed by atoms with van der Waals surface area (Å²) in [6.45, 7) is 6.77. The van der Waals surface area contributed by atoms with Crippen molar-refractivity contribution in [2.24, 2.45) is 7.05 Å². The van der Waals surface area contributed by atoms with Crippen molar-refractivity contribution in [3.8, 4) is 0 Å². The summed E-state index contributed by atoms with van der Waals surface area (Å²) in [6.07, 6.45) is 0. The van der Waals surface area contributed by atoms with Gasteiger partial charge in [-0.05, 0) is 31.9 Å². The average molecular weight is 381 g/mol. The SMILES string of the molecule is Cc1ccc(C(=O)CSc2nnc(CNc3c(C)cccc3C)n2C)cc1. The second-order valence-electron chi connectivity index (χ2n) is 6.66. The number of aryl methyl sites for hydroxylation is 3. The Bertz CT molecular complexity index is 927. The van der Waals surface area contributed by atoms with Gasteiger partial charge in [0.25, 0.3) is 0 Å². The molecule has 0 saturated carbocycles. The van der Waals surface area contributed by atoms with Crippen LogP contribution in [0, 0.1) is 20.8 Å². The Morgan fingerprint density at radius 3 is 2.37 bits per heavy atom. The molecule has 0 fully saturated rings. The number of rotatable bonds is 7. The van der Waals surface area contributed by atoms with E-state index >= 15 is 0 Å². The molecule has 0 aliphatic carbocycles. The first-order valence-electron chi connectivity index (χ1n) is 8.86. The molecule has 0 aliphatic heterocycles. The van der Waals surface area contributed by atoms with E-state index in [0.29, 0.717) is 12.3 Å². The molecule has 1 heterocycles. The second-order valence-corrected chi connectivity index (χ2v) is 7.60. The Morgan fingerprint density at radius 2 is 1.70 bits per heavy atom. The van der Waals surface area contributed by atoms with E-state index in [1.807, 2.05) is 42.8 Å². The summed E-state index contributed by atoms with van der Waals surface area (Å²) in [4.78, 5) is 12.3. The Hall–Kier alpha value is -2.60. The number of ketones is 1. The van der Waals surface area contributed by atoms with Crippen LogP contribution in [0.4, 0.5) is 5.69 Å². The third kappa shape index (κ3) is 4.57. The van der Waals surface area contributed by atoms with Crippen LogP contribution in [0.5, 0.6) is 0 Å². The number of anilines is 1. The van der Waals surface area contributed by atoms with Crippen molar-refractivity contribution in [1.29, 1.82) is 0 Å². The van der Waals surface area contributed by atoms with Gasteiger partial charge in [-0.2, -0.15) is 0 Å². The number of hydrogen-bond donors (Lipinski definition) is 1. The summed E-state index contributed by atoms with van der Waals surface area (Å²) in [5.74, 6) is 1.28. The molecule has 27 heavy (non-hydrogen) atoms. The molecule has 0 spiro atoms. The highest BCUT2D eigenvalue weighted by Crippen LogP contribution is 2.21. The number of hydrogen-bond acceptors (Lipinski definition) is 5. The molecule has 5 nitrogen and oxygen atoms in total. The van der Waals surface area contributed by atoms with Crippen molar-refractivity contribution < 1.29 is 4.79 Å². The van der Waals surface area contributed by atoms with Gasteiger partial charge >= 0.3 is 0 Å². The highest BCUT2D eigenvalue weighted by atomic mass is 32.2. The number of aromatic nitrogens is 3. The van der Waals surface area contributed by atoms with E-state index in [-0.39, 0.29) is 5.78 Å². The molecule has 0 unspecified atom stereocenters. The first-order valence-corrected chi connectivity index (χ1v) is 9.85. The van der Waals surface area contributed by atoms with Crippen molar-refractivity contribution in [3.05, 3.63) is 70.5 Å². The van der Waals surface area contributed by atoms with E-state index in [4.69, 9.17) is 0 Å². The van der Waals surface area contributed by atoms with Gasteiger partial charge in [0.15, 0.2) is 16.8 Å². The monoisotopic (exact) mass is 380 g/mol. The molecule has 3 rings (SSSR count). The minimum absolute atomic E-state index is 0.0956. The zero-order valence-corrected chi connectivity index (χ0v) is 16.9. The predicted molar refractivity (Wildman–Crippen MR) is 110 cm³/mol. The van der Waals surface area contributed by atoms with Crippen LogP contribution in [0.15, 0.2) is 47.6 Å². The third-order valence-electron chi connectivity index (χ3n) is 4.54. The minimum atomic E-state index is 0.0956. The molecule has 0 amide bonds. The lowest BCUT2D eigenvalue weighted by Crippen LogP contribution is -2.09. The van der Waals surface area contributed by atoms with E-state index in [1.54, 1.807) is 0 Å². The van der Waals surface area contributed by atoms with Crippen LogP contribution in [0.1, 0.15) is 32.9 Å². The number of thioether (sulfide) groups is 1. The van der Waals surface area contributed by atoms with Crippen molar-refractivity contribution in [2.75, 3.05) is 11.1 Å². The van der Waals surface area contributed by atoms with E-state index in [1.165, 1.54) is 22.9 Å². The van der Waals surface area contributed by atoms with Gasteiger partial charge in [0.1, 0.15) is 0 Å². The molecule has 3 aromatic rings. The molecule has 0 saturated heterocycles. The normalized spacial score (nSPS) is 10.8. The largest absolute Gasteiger partial charge is 0.377 e. The highest BCUT2D eigenvalue weighted by molar-refractivity contribution is 7.99. The van der Waals surface area contributed by atoms with Crippen LogP contribution in [-0.4, -0.2) is 26.3 Å². The molecule has 0 bridgehead atoms. The Balaban J connectivity index is 1.61. The second kappa shape index (κ2) is 8.39. The van der Waals surface area contributed by atoms with E-state index in [9.17, 15) is 4.79 Å². The Kier molecular flexibility index (Phi) is 5.96. The van der Waals surface area contributed by atoms with Crippen LogP contribution in [-0.2, 0) is 13.6 Å². The van der Waals surface area contributed by atoms with Gasteiger partial charge in [-0.1, -0.05) is 59.8 Å². The van der Waals surface area contributed by atoms with Gasteiger partial charge in [-0.15, -0.1) is 10.2 Å².